The third-order valence-corrected chi connectivity index (χ3v) is 15.2. The maximum atomic E-state index is 5.83. The zero-order valence-corrected chi connectivity index (χ0v) is 43.7. The minimum Gasteiger partial charge on any atom is -0.314 e. The predicted molar refractivity (Wildman–Crippen MR) is 314 cm³/mol. The number of anilines is 3. The summed E-state index contributed by atoms with van der Waals surface area (Å²) in [5.41, 5.74) is 25.6. The Balaban J connectivity index is 1.09. The highest BCUT2D eigenvalue weighted by Crippen LogP contribution is 2.43. The Kier molecular flexibility index (Phi) is 13.0. The Hall–Kier alpha value is -8.60. The second kappa shape index (κ2) is 20.1. The number of aryl methyl sites for hydroxylation is 3. The van der Waals surface area contributed by atoms with E-state index in [0.29, 0.717) is 5.92 Å². The van der Waals surface area contributed by atoms with E-state index in [-0.39, 0.29) is 5.92 Å². The van der Waals surface area contributed by atoms with Gasteiger partial charge in [-0.25, -0.2) is 9.97 Å². The van der Waals surface area contributed by atoms with Crippen LogP contribution in [0.25, 0.3) is 83.5 Å². The molecule has 0 aliphatic rings. The van der Waals surface area contributed by atoms with Crippen LogP contribution in [0.5, 0.6) is 0 Å². The maximum absolute atomic E-state index is 5.83. The summed E-state index contributed by atoms with van der Waals surface area (Å²) in [6, 6.07) is 76.9. The normalized spacial score (nSPS) is 12.2. The lowest BCUT2D eigenvalue weighted by Gasteiger charge is -2.26. The monoisotopic (exact) mass is 958 g/mol. The highest BCUT2D eigenvalue weighted by Gasteiger charge is 2.23. The zero-order valence-electron chi connectivity index (χ0n) is 43.7. The Morgan fingerprint density at radius 3 is 1.61 bits per heavy atom. The molecule has 0 spiro atoms. The first-order valence-electron chi connectivity index (χ1n) is 26.0. The van der Waals surface area contributed by atoms with Crippen molar-refractivity contribution in [3.8, 4) is 61.6 Å². The first-order chi connectivity index (χ1) is 36.1. The van der Waals surface area contributed by atoms with Gasteiger partial charge in [0, 0.05) is 62.0 Å². The van der Waals surface area contributed by atoms with Gasteiger partial charge in [0.05, 0.1) is 27.9 Å². The van der Waals surface area contributed by atoms with Gasteiger partial charge in [-0.2, -0.15) is 0 Å². The average Bonchev–Trinajstić information content (AvgIpc) is 3.79. The molecule has 4 heteroatoms. The van der Waals surface area contributed by atoms with Gasteiger partial charge >= 0.3 is 0 Å². The summed E-state index contributed by atoms with van der Waals surface area (Å²) >= 11 is 0. The highest BCUT2D eigenvalue weighted by molar-refractivity contribution is 6.03. The molecular formula is C70H62N4. The van der Waals surface area contributed by atoms with Crippen LogP contribution in [0.2, 0.25) is 0 Å². The number of fused-ring (bicyclic) bond motifs is 2. The van der Waals surface area contributed by atoms with Gasteiger partial charge < -0.3 is 9.47 Å². The summed E-state index contributed by atoms with van der Waals surface area (Å²) in [7, 11) is 0. The van der Waals surface area contributed by atoms with Gasteiger partial charge in [-0.05, 0) is 146 Å². The summed E-state index contributed by atoms with van der Waals surface area (Å²) < 4.78 is 2.33. The largest absolute Gasteiger partial charge is 0.314 e. The Bertz CT molecular complexity index is 3860. The van der Waals surface area contributed by atoms with E-state index in [1.54, 1.807) is 0 Å². The molecule has 0 saturated carbocycles. The molecule has 0 N–H and O–H groups in total. The lowest BCUT2D eigenvalue weighted by Crippen LogP contribution is -2.10. The van der Waals surface area contributed by atoms with Gasteiger partial charge in [0.25, 0.3) is 0 Å². The number of hydrogen-bond donors (Lipinski definition) is 0. The van der Waals surface area contributed by atoms with Crippen molar-refractivity contribution >= 4 is 39.0 Å². The van der Waals surface area contributed by atoms with Gasteiger partial charge in [0.2, 0.25) is 0 Å². The number of hydrogen-bond acceptors (Lipinski definition) is 3. The Morgan fingerprint density at radius 2 is 0.973 bits per heavy atom. The summed E-state index contributed by atoms with van der Waals surface area (Å²) in [4.78, 5) is 13.9. The quantitative estimate of drug-likeness (QED) is 0.114. The molecule has 0 aliphatic carbocycles. The molecular weight excluding hydrogens is 897 g/mol. The van der Waals surface area contributed by atoms with Crippen LogP contribution in [0.15, 0.2) is 224 Å². The van der Waals surface area contributed by atoms with Gasteiger partial charge in [-0.15, -0.1) is 0 Å². The van der Waals surface area contributed by atoms with Crippen molar-refractivity contribution in [1.82, 2.24) is 14.5 Å². The number of nitrogens with zero attached hydrogens (tertiary/aromatic N) is 4. The standard InChI is InChI=1S/C70H62N4/c1-9-46(4)50(8)65-44-53(29-28-48(65)6)61-40-41-62(54-32-39-63(64(43-54)45(2)3)60-26-18-16-20-47(60)5)70-69(61)72-68(67(71-70)51-21-12-10-13-22-51)52-30-33-58(34-31-52)74(56-24-14-11-15-25-56)59-37-35-57(36-38-59)73-49(7)42-55-23-17-19-27-66(55)73/h9-45,50H,1-8H3/b46-9+. The van der Waals surface area contributed by atoms with E-state index in [0.717, 1.165) is 78.6 Å². The number of benzene rings is 9. The number of allylic oxidation sites excluding steroid dienone is 2. The van der Waals surface area contributed by atoms with Gasteiger partial charge in [-0.3, -0.25) is 0 Å². The van der Waals surface area contributed by atoms with Crippen LogP contribution in [0.3, 0.4) is 0 Å². The van der Waals surface area contributed by atoms with E-state index >= 15 is 0 Å². The third kappa shape index (κ3) is 8.92. The van der Waals surface area contributed by atoms with Crippen molar-refractivity contribution in [1.29, 1.82) is 0 Å². The topological polar surface area (TPSA) is 34.0 Å². The maximum Gasteiger partial charge on any atom is 0.0979 e. The van der Waals surface area contributed by atoms with Crippen molar-refractivity contribution in [3.63, 3.8) is 0 Å². The van der Waals surface area contributed by atoms with Crippen molar-refractivity contribution in [2.75, 3.05) is 4.90 Å². The van der Waals surface area contributed by atoms with Crippen LogP contribution in [-0.4, -0.2) is 14.5 Å². The van der Waals surface area contributed by atoms with Crippen molar-refractivity contribution in [2.24, 2.45) is 0 Å². The van der Waals surface area contributed by atoms with Crippen molar-refractivity contribution in [3.05, 3.63) is 252 Å². The summed E-state index contributed by atoms with van der Waals surface area (Å²) in [6.45, 7) is 17.9. The molecule has 2 heterocycles. The number of aromatic nitrogens is 3. The van der Waals surface area contributed by atoms with Crippen LogP contribution in [-0.2, 0) is 0 Å². The van der Waals surface area contributed by atoms with E-state index in [1.165, 1.54) is 55.6 Å². The van der Waals surface area contributed by atoms with E-state index in [4.69, 9.17) is 9.97 Å². The van der Waals surface area contributed by atoms with Gasteiger partial charge in [-0.1, -0.05) is 184 Å². The first-order valence-corrected chi connectivity index (χ1v) is 26.0. The molecule has 2 aromatic heterocycles. The van der Waals surface area contributed by atoms with E-state index in [2.05, 4.69) is 283 Å². The lowest BCUT2D eigenvalue weighted by molar-refractivity contribution is 0.869. The molecule has 9 aromatic carbocycles. The van der Waals surface area contributed by atoms with Crippen LogP contribution in [0.4, 0.5) is 17.1 Å². The molecule has 4 nitrogen and oxygen atoms in total. The first kappa shape index (κ1) is 47.7. The molecule has 11 aromatic rings. The average molecular weight is 959 g/mol. The molecule has 1 atom stereocenters. The van der Waals surface area contributed by atoms with Crippen LogP contribution >= 0.6 is 0 Å². The molecule has 0 amide bonds. The van der Waals surface area contributed by atoms with Gasteiger partial charge in [0.1, 0.15) is 0 Å². The predicted octanol–water partition coefficient (Wildman–Crippen LogP) is 19.5. The van der Waals surface area contributed by atoms with Crippen molar-refractivity contribution in [2.45, 2.75) is 67.2 Å². The molecule has 74 heavy (non-hydrogen) atoms. The van der Waals surface area contributed by atoms with E-state index < -0.39 is 0 Å². The van der Waals surface area contributed by atoms with E-state index in [9.17, 15) is 0 Å². The van der Waals surface area contributed by atoms with Crippen LogP contribution in [0.1, 0.15) is 74.4 Å². The SMILES string of the molecule is C/C=C(\C)C(C)c1cc(-c2ccc(-c3ccc(-c4ccccc4C)c(C(C)C)c3)c3nc(-c4ccccc4)c(-c4ccc(N(c5ccccc5)c5ccc(-n6c(C)cc7ccccc76)cc5)cc4)nc23)ccc1C. The molecule has 0 radical (unpaired) electrons. The minimum absolute atomic E-state index is 0.272. The smallest absolute Gasteiger partial charge is 0.0979 e. The summed E-state index contributed by atoms with van der Waals surface area (Å²) in [5.74, 6) is 0.574. The zero-order chi connectivity index (χ0) is 51.0. The Labute approximate surface area is 437 Å². The molecule has 0 saturated heterocycles. The molecule has 0 bridgehead atoms. The fourth-order valence-electron chi connectivity index (χ4n) is 10.9. The van der Waals surface area contributed by atoms with E-state index in [1.807, 2.05) is 0 Å². The third-order valence-electron chi connectivity index (χ3n) is 15.2. The number of rotatable bonds is 12. The van der Waals surface area contributed by atoms with Gasteiger partial charge in [0.15, 0.2) is 0 Å². The van der Waals surface area contributed by atoms with Crippen LogP contribution in [0, 0.1) is 20.8 Å². The Morgan fingerprint density at radius 1 is 0.459 bits per heavy atom. The number of para-hydroxylation sites is 2. The van der Waals surface area contributed by atoms with Crippen LogP contribution < -0.4 is 4.90 Å². The highest BCUT2D eigenvalue weighted by atomic mass is 15.1. The fraction of sp³-hybridized carbons (Fsp3) is 0.143. The molecule has 0 aliphatic heterocycles. The molecule has 0 fully saturated rings. The fourth-order valence-corrected chi connectivity index (χ4v) is 10.9. The summed E-state index contributed by atoms with van der Waals surface area (Å²) in [6.07, 6.45) is 2.23. The molecule has 11 rings (SSSR count). The summed E-state index contributed by atoms with van der Waals surface area (Å²) in [5, 5.41) is 1.24. The molecule has 1 unspecified atom stereocenters. The lowest BCUT2D eigenvalue weighted by atomic mass is 9.86. The molecule has 362 valence electrons. The second-order valence-corrected chi connectivity index (χ2v) is 20.2. The second-order valence-electron chi connectivity index (χ2n) is 20.2. The minimum atomic E-state index is 0.272. The van der Waals surface area contributed by atoms with Crippen molar-refractivity contribution < 1.29 is 0 Å².